The van der Waals surface area contributed by atoms with E-state index in [1.54, 1.807) is 12.1 Å². The highest BCUT2D eigenvalue weighted by Gasteiger charge is 2.23. The third kappa shape index (κ3) is 3.51. The van der Waals surface area contributed by atoms with Crippen molar-refractivity contribution in [2.75, 3.05) is 13.1 Å². The Labute approximate surface area is 133 Å². The van der Waals surface area contributed by atoms with Crippen LogP contribution in [0.2, 0.25) is 0 Å². The summed E-state index contributed by atoms with van der Waals surface area (Å²) in [6, 6.07) is 7.25. The lowest BCUT2D eigenvalue weighted by atomic mass is 9.98. The SMILES string of the molecule is Cc1nnsc1CN1CC[C@H](Cc2ccc(C(=O)O)cc2)C1. The molecule has 1 aliphatic rings. The molecule has 116 valence electrons. The second-order valence-corrected chi connectivity index (χ2v) is 6.72. The second-order valence-electron chi connectivity index (χ2n) is 5.88. The number of rotatable bonds is 5. The molecule has 2 heterocycles. The predicted octanol–water partition coefficient (Wildman–Crippen LogP) is 2.61. The van der Waals surface area contributed by atoms with Crippen molar-refractivity contribution in [3.63, 3.8) is 0 Å². The highest BCUT2D eigenvalue weighted by Crippen LogP contribution is 2.24. The number of hydrogen-bond acceptors (Lipinski definition) is 5. The number of likely N-dealkylation sites (tertiary alicyclic amines) is 1. The molecule has 0 amide bonds. The van der Waals surface area contributed by atoms with Gasteiger partial charge in [0.05, 0.1) is 16.1 Å². The van der Waals surface area contributed by atoms with E-state index in [-0.39, 0.29) is 0 Å². The van der Waals surface area contributed by atoms with Crippen LogP contribution in [-0.2, 0) is 13.0 Å². The fourth-order valence-corrected chi connectivity index (χ4v) is 3.61. The maximum atomic E-state index is 10.9. The van der Waals surface area contributed by atoms with Crippen molar-refractivity contribution in [2.24, 2.45) is 5.92 Å². The summed E-state index contributed by atoms with van der Waals surface area (Å²) in [4.78, 5) is 14.6. The van der Waals surface area contributed by atoms with Gasteiger partial charge < -0.3 is 5.11 Å². The third-order valence-electron chi connectivity index (χ3n) is 4.21. The average molecular weight is 317 g/mol. The predicted molar refractivity (Wildman–Crippen MR) is 85.1 cm³/mol. The van der Waals surface area contributed by atoms with Crippen LogP contribution in [0.15, 0.2) is 24.3 Å². The molecule has 1 aromatic heterocycles. The van der Waals surface area contributed by atoms with Gasteiger partial charge in [-0.15, -0.1) is 5.10 Å². The Balaban J connectivity index is 1.54. The summed E-state index contributed by atoms with van der Waals surface area (Å²) in [5, 5.41) is 13.0. The number of nitrogens with zero attached hydrogens (tertiary/aromatic N) is 3. The Morgan fingerprint density at radius 3 is 2.82 bits per heavy atom. The molecule has 2 aromatic rings. The Morgan fingerprint density at radius 2 is 2.18 bits per heavy atom. The molecule has 0 saturated carbocycles. The van der Waals surface area contributed by atoms with Gasteiger partial charge in [0, 0.05) is 13.1 Å². The van der Waals surface area contributed by atoms with Crippen molar-refractivity contribution >= 4 is 17.5 Å². The molecule has 1 atom stereocenters. The van der Waals surface area contributed by atoms with Gasteiger partial charge in [0.1, 0.15) is 0 Å². The molecule has 1 fully saturated rings. The lowest BCUT2D eigenvalue weighted by Crippen LogP contribution is -2.20. The Bertz CT molecular complexity index is 654. The van der Waals surface area contributed by atoms with Crippen molar-refractivity contribution < 1.29 is 9.90 Å². The monoisotopic (exact) mass is 317 g/mol. The summed E-state index contributed by atoms with van der Waals surface area (Å²) in [6.07, 6.45) is 2.20. The van der Waals surface area contributed by atoms with Gasteiger partial charge in [-0.05, 0) is 61.5 Å². The van der Waals surface area contributed by atoms with E-state index in [4.69, 9.17) is 5.11 Å². The summed E-state index contributed by atoms with van der Waals surface area (Å²) in [5.74, 6) is -0.232. The molecule has 22 heavy (non-hydrogen) atoms. The van der Waals surface area contributed by atoms with Crippen molar-refractivity contribution in [3.8, 4) is 0 Å². The first-order chi connectivity index (χ1) is 10.6. The van der Waals surface area contributed by atoms with Gasteiger partial charge in [-0.2, -0.15) is 0 Å². The van der Waals surface area contributed by atoms with Gasteiger partial charge in [-0.1, -0.05) is 16.6 Å². The average Bonchev–Trinajstić information content (AvgIpc) is 3.10. The molecular weight excluding hydrogens is 298 g/mol. The number of benzene rings is 1. The van der Waals surface area contributed by atoms with E-state index in [1.807, 2.05) is 19.1 Å². The van der Waals surface area contributed by atoms with Crippen molar-refractivity contribution in [2.45, 2.75) is 26.3 Å². The fraction of sp³-hybridized carbons (Fsp3) is 0.438. The standard InChI is InChI=1S/C16H19N3O2S/c1-11-15(22-18-17-11)10-19-7-6-13(9-19)8-12-2-4-14(5-3-12)16(20)21/h2-5,13H,6-10H2,1H3,(H,20,21)/t13-/m1/s1. The minimum atomic E-state index is -0.868. The first kappa shape index (κ1) is 15.1. The molecular formula is C16H19N3O2S. The fourth-order valence-electron chi connectivity index (χ4n) is 2.94. The molecule has 3 rings (SSSR count). The highest BCUT2D eigenvalue weighted by molar-refractivity contribution is 7.05. The van der Waals surface area contributed by atoms with Crippen LogP contribution in [0.5, 0.6) is 0 Å². The minimum absolute atomic E-state index is 0.352. The Kier molecular flexibility index (Phi) is 4.49. The number of carboxylic acid groups (broad SMARTS) is 1. The summed E-state index contributed by atoms with van der Waals surface area (Å²) in [5.41, 5.74) is 2.61. The molecule has 1 saturated heterocycles. The van der Waals surface area contributed by atoms with Crippen LogP contribution in [0.3, 0.4) is 0 Å². The summed E-state index contributed by atoms with van der Waals surface area (Å²) < 4.78 is 3.99. The first-order valence-electron chi connectivity index (χ1n) is 7.44. The van der Waals surface area contributed by atoms with Crippen LogP contribution in [0.1, 0.15) is 32.9 Å². The van der Waals surface area contributed by atoms with E-state index in [9.17, 15) is 4.79 Å². The Hall–Kier alpha value is -1.79. The van der Waals surface area contributed by atoms with Crippen LogP contribution >= 0.6 is 11.5 Å². The minimum Gasteiger partial charge on any atom is -0.478 e. The first-order valence-corrected chi connectivity index (χ1v) is 8.21. The van der Waals surface area contributed by atoms with E-state index in [2.05, 4.69) is 14.5 Å². The van der Waals surface area contributed by atoms with Crippen LogP contribution in [0, 0.1) is 12.8 Å². The van der Waals surface area contributed by atoms with E-state index in [0.717, 1.165) is 31.7 Å². The zero-order valence-corrected chi connectivity index (χ0v) is 13.3. The quantitative estimate of drug-likeness (QED) is 0.918. The molecule has 5 nitrogen and oxygen atoms in total. The zero-order valence-electron chi connectivity index (χ0n) is 12.5. The molecule has 6 heteroatoms. The van der Waals surface area contributed by atoms with Gasteiger partial charge in [0.15, 0.2) is 0 Å². The number of carboxylic acids is 1. The summed E-state index contributed by atoms with van der Waals surface area (Å²) in [6.45, 7) is 5.14. The molecule has 0 radical (unpaired) electrons. The van der Waals surface area contributed by atoms with E-state index in [0.29, 0.717) is 11.5 Å². The van der Waals surface area contributed by atoms with Crippen LogP contribution < -0.4 is 0 Å². The summed E-state index contributed by atoms with van der Waals surface area (Å²) >= 11 is 1.49. The number of aromatic carboxylic acids is 1. The van der Waals surface area contributed by atoms with Gasteiger partial charge in [0.25, 0.3) is 0 Å². The lowest BCUT2D eigenvalue weighted by molar-refractivity contribution is 0.0697. The van der Waals surface area contributed by atoms with Gasteiger partial charge in [-0.25, -0.2) is 4.79 Å². The zero-order chi connectivity index (χ0) is 15.5. The molecule has 0 aliphatic carbocycles. The van der Waals surface area contributed by atoms with Crippen LogP contribution in [0.4, 0.5) is 0 Å². The lowest BCUT2D eigenvalue weighted by Gasteiger charge is -2.15. The third-order valence-corrected chi connectivity index (χ3v) is 5.02. The number of aromatic nitrogens is 2. The smallest absolute Gasteiger partial charge is 0.335 e. The van der Waals surface area contributed by atoms with Crippen LogP contribution in [-0.4, -0.2) is 38.7 Å². The number of hydrogen-bond donors (Lipinski definition) is 1. The number of carbonyl (C=O) groups is 1. The maximum Gasteiger partial charge on any atom is 0.335 e. The van der Waals surface area contributed by atoms with Crippen molar-refractivity contribution in [1.29, 1.82) is 0 Å². The van der Waals surface area contributed by atoms with Gasteiger partial charge in [0.2, 0.25) is 0 Å². The van der Waals surface area contributed by atoms with Crippen molar-refractivity contribution in [1.82, 2.24) is 14.5 Å². The Morgan fingerprint density at radius 1 is 1.41 bits per heavy atom. The number of aryl methyl sites for hydroxylation is 1. The molecule has 1 N–H and O–H groups in total. The maximum absolute atomic E-state index is 10.9. The molecule has 0 unspecified atom stereocenters. The molecule has 1 aromatic carbocycles. The van der Waals surface area contributed by atoms with E-state index in [1.165, 1.54) is 28.4 Å². The van der Waals surface area contributed by atoms with E-state index >= 15 is 0 Å². The van der Waals surface area contributed by atoms with Crippen molar-refractivity contribution in [3.05, 3.63) is 46.0 Å². The molecule has 0 spiro atoms. The van der Waals surface area contributed by atoms with E-state index < -0.39 is 5.97 Å². The largest absolute Gasteiger partial charge is 0.478 e. The van der Waals surface area contributed by atoms with Crippen LogP contribution in [0.25, 0.3) is 0 Å². The second kappa shape index (κ2) is 6.54. The van der Waals surface area contributed by atoms with Gasteiger partial charge in [-0.3, -0.25) is 4.90 Å². The topological polar surface area (TPSA) is 66.3 Å². The van der Waals surface area contributed by atoms with Gasteiger partial charge >= 0.3 is 5.97 Å². The highest BCUT2D eigenvalue weighted by atomic mass is 32.1. The normalized spacial score (nSPS) is 18.7. The summed E-state index contributed by atoms with van der Waals surface area (Å²) in [7, 11) is 0. The molecule has 0 bridgehead atoms. The molecule has 1 aliphatic heterocycles.